The van der Waals surface area contributed by atoms with Crippen molar-refractivity contribution in [1.82, 2.24) is 20.2 Å². The normalized spacial score (nSPS) is 15.7. The summed E-state index contributed by atoms with van der Waals surface area (Å²) in [7, 11) is 1.74. The summed E-state index contributed by atoms with van der Waals surface area (Å²) < 4.78 is 5.39. The molecule has 1 aliphatic rings. The van der Waals surface area contributed by atoms with E-state index in [9.17, 15) is 0 Å². The number of hydrogen-bond donors (Lipinski definition) is 1. The quantitative estimate of drug-likeness (QED) is 0.851. The van der Waals surface area contributed by atoms with Crippen LogP contribution >= 0.6 is 0 Å². The van der Waals surface area contributed by atoms with Crippen LogP contribution in [0, 0.1) is 0 Å². The molecule has 1 unspecified atom stereocenters. The first-order valence-corrected chi connectivity index (χ1v) is 5.90. The number of ether oxygens (including phenoxy) is 1. The zero-order valence-electron chi connectivity index (χ0n) is 10.2. The molecule has 3 rings (SSSR count). The molecule has 0 saturated carbocycles. The van der Waals surface area contributed by atoms with Gasteiger partial charge in [-0.2, -0.15) is 4.80 Å². The fourth-order valence-corrected chi connectivity index (χ4v) is 2.14. The first-order chi connectivity index (χ1) is 8.72. The van der Waals surface area contributed by atoms with Gasteiger partial charge in [0.2, 0.25) is 0 Å². The van der Waals surface area contributed by atoms with E-state index in [0.717, 1.165) is 5.56 Å². The first-order valence-electron chi connectivity index (χ1n) is 5.90. The molecule has 1 atom stereocenters. The SMILES string of the molecule is Cn1nnc(CC(N)c2ccc3c(c2)COC3)n1. The van der Waals surface area contributed by atoms with Crippen LogP contribution in [0.4, 0.5) is 0 Å². The summed E-state index contributed by atoms with van der Waals surface area (Å²) in [6, 6.07) is 6.14. The third-order valence-corrected chi connectivity index (χ3v) is 3.13. The number of aromatic nitrogens is 4. The monoisotopic (exact) mass is 245 g/mol. The molecule has 94 valence electrons. The minimum absolute atomic E-state index is 0.111. The molecule has 6 nitrogen and oxygen atoms in total. The number of hydrogen-bond acceptors (Lipinski definition) is 5. The van der Waals surface area contributed by atoms with Crippen LogP contribution in [-0.2, 0) is 31.4 Å². The summed E-state index contributed by atoms with van der Waals surface area (Å²) in [5, 5.41) is 11.9. The Balaban J connectivity index is 1.78. The summed E-state index contributed by atoms with van der Waals surface area (Å²) in [5.74, 6) is 0.668. The number of benzene rings is 1. The van der Waals surface area contributed by atoms with Gasteiger partial charge in [0.25, 0.3) is 0 Å². The van der Waals surface area contributed by atoms with Gasteiger partial charge in [-0.3, -0.25) is 0 Å². The van der Waals surface area contributed by atoms with Gasteiger partial charge in [0.1, 0.15) is 0 Å². The van der Waals surface area contributed by atoms with E-state index in [4.69, 9.17) is 10.5 Å². The predicted molar refractivity (Wildman–Crippen MR) is 64.4 cm³/mol. The highest BCUT2D eigenvalue weighted by molar-refractivity contribution is 5.34. The number of rotatable bonds is 3. The van der Waals surface area contributed by atoms with E-state index in [1.165, 1.54) is 15.9 Å². The van der Waals surface area contributed by atoms with Crippen LogP contribution in [0.3, 0.4) is 0 Å². The highest BCUT2D eigenvalue weighted by atomic mass is 16.5. The Morgan fingerprint density at radius 2 is 2.22 bits per heavy atom. The molecule has 18 heavy (non-hydrogen) atoms. The highest BCUT2D eigenvalue weighted by Gasteiger charge is 2.15. The summed E-state index contributed by atoms with van der Waals surface area (Å²) >= 11 is 0. The Morgan fingerprint density at radius 1 is 1.39 bits per heavy atom. The van der Waals surface area contributed by atoms with Crippen molar-refractivity contribution in [1.29, 1.82) is 0 Å². The van der Waals surface area contributed by atoms with Gasteiger partial charge < -0.3 is 10.5 Å². The molecule has 1 aromatic heterocycles. The lowest BCUT2D eigenvalue weighted by Crippen LogP contribution is -2.14. The average molecular weight is 245 g/mol. The predicted octanol–water partition coefficient (Wildman–Crippen LogP) is 0.483. The second kappa shape index (κ2) is 4.47. The van der Waals surface area contributed by atoms with Crippen molar-refractivity contribution in [3.05, 3.63) is 40.7 Å². The zero-order chi connectivity index (χ0) is 12.5. The number of nitrogens with two attached hydrogens (primary N) is 1. The number of nitrogens with zero attached hydrogens (tertiary/aromatic N) is 4. The maximum absolute atomic E-state index is 6.17. The van der Waals surface area contributed by atoms with Crippen LogP contribution in [0.25, 0.3) is 0 Å². The molecule has 1 aliphatic heterocycles. The van der Waals surface area contributed by atoms with Crippen LogP contribution < -0.4 is 5.73 Å². The zero-order valence-corrected chi connectivity index (χ0v) is 10.2. The molecule has 2 heterocycles. The Hall–Kier alpha value is -1.79. The van der Waals surface area contributed by atoms with E-state index in [1.54, 1.807) is 7.05 Å². The van der Waals surface area contributed by atoms with E-state index in [2.05, 4.69) is 33.6 Å². The number of tetrazole rings is 1. The Morgan fingerprint density at radius 3 is 3.00 bits per heavy atom. The van der Waals surface area contributed by atoms with Crippen molar-refractivity contribution < 1.29 is 4.74 Å². The fourth-order valence-electron chi connectivity index (χ4n) is 2.14. The molecule has 2 aromatic rings. The average Bonchev–Trinajstić information content (AvgIpc) is 2.96. The first kappa shape index (κ1) is 11.3. The topological polar surface area (TPSA) is 78.9 Å². The van der Waals surface area contributed by atoms with Gasteiger partial charge in [0.05, 0.1) is 20.3 Å². The van der Waals surface area contributed by atoms with Gasteiger partial charge in [0, 0.05) is 12.5 Å². The van der Waals surface area contributed by atoms with Crippen molar-refractivity contribution in [2.45, 2.75) is 25.7 Å². The fraction of sp³-hybridized carbons (Fsp3) is 0.417. The van der Waals surface area contributed by atoms with Gasteiger partial charge >= 0.3 is 0 Å². The minimum atomic E-state index is -0.111. The lowest BCUT2D eigenvalue weighted by molar-refractivity contribution is 0.134. The lowest BCUT2D eigenvalue weighted by Gasteiger charge is -2.10. The van der Waals surface area contributed by atoms with Gasteiger partial charge in [-0.25, -0.2) is 0 Å². The summed E-state index contributed by atoms with van der Waals surface area (Å²) in [5.41, 5.74) is 9.75. The summed E-state index contributed by atoms with van der Waals surface area (Å²) in [4.78, 5) is 1.44. The van der Waals surface area contributed by atoms with Crippen LogP contribution in [0.5, 0.6) is 0 Å². The van der Waals surface area contributed by atoms with E-state index in [0.29, 0.717) is 25.5 Å². The van der Waals surface area contributed by atoms with Gasteiger partial charge in [-0.05, 0) is 21.9 Å². The van der Waals surface area contributed by atoms with Gasteiger partial charge in [0.15, 0.2) is 5.82 Å². The minimum Gasteiger partial charge on any atom is -0.372 e. The number of aryl methyl sites for hydroxylation is 1. The smallest absolute Gasteiger partial charge is 0.176 e. The molecule has 6 heteroatoms. The molecule has 0 aliphatic carbocycles. The molecule has 0 saturated heterocycles. The highest BCUT2D eigenvalue weighted by Crippen LogP contribution is 2.24. The molecule has 0 fully saturated rings. The van der Waals surface area contributed by atoms with Crippen molar-refractivity contribution >= 4 is 0 Å². The van der Waals surface area contributed by atoms with E-state index in [1.807, 2.05) is 0 Å². The maximum atomic E-state index is 6.17. The molecule has 2 N–H and O–H groups in total. The van der Waals surface area contributed by atoms with Crippen LogP contribution in [0.1, 0.15) is 28.6 Å². The van der Waals surface area contributed by atoms with Crippen LogP contribution in [0.2, 0.25) is 0 Å². The van der Waals surface area contributed by atoms with Crippen LogP contribution in [0.15, 0.2) is 18.2 Å². The van der Waals surface area contributed by atoms with Gasteiger partial charge in [-0.1, -0.05) is 18.2 Å². The van der Waals surface area contributed by atoms with E-state index in [-0.39, 0.29) is 6.04 Å². The van der Waals surface area contributed by atoms with Crippen molar-refractivity contribution in [3.63, 3.8) is 0 Å². The molecule has 0 amide bonds. The van der Waals surface area contributed by atoms with Crippen molar-refractivity contribution in [2.75, 3.05) is 0 Å². The molecule has 1 aromatic carbocycles. The molecule has 0 bridgehead atoms. The van der Waals surface area contributed by atoms with Crippen molar-refractivity contribution in [3.8, 4) is 0 Å². The Labute approximate surface area is 105 Å². The number of fused-ring (bicyclic) bond motifs is 1. The lowest BCUT2D eigenvalue weighted by atomic mass is 9.99. The van der Waals surface area contributed by atoms with E-state index >= 15 is 0 Å². The van der Waals surface area contributed by atoms with Gasteiger partial charge in [-0.15, -0.1) is 10.2 Å². The Kier molecular flexibility index (Phi) is 2.81. The Bertz CT molecular complexity index is 565. The van der Waals surface area contributed by atoms with Crippen LogP contribution in [-0.4, -0.2) is 20.2 Å². The molecule has 0 spiro atoms. The van der Waals surface area contributed by atoms with E-state index < -0.39 is 0 Å². The second-order valence-electron chi connectivity index (χ2n) is 4.53. The summed E-state index contributed by atoms with van der Waals surface area (Å²) in [6.45, 7) is 1.38. The molecular weight excluding hydrogens is 230 g/mol. The third kappa shape index (κ3) is 2.12. The maximum Gasteiger partial charge on any atom is 0.176 e. The molecule has 0 radical (unpaired) electrons. The van der Waals surface area contributed by atoms with Crippen molar-refractivity contribution in [2.24, 2.45) is 12.8 Å². The standard InChI is InChI=1S/C12H15N5O/c1-17-15-12(14-16-17)5-11(13)8-2-3-9-6-18-7-10(9)4-8/h2-4,11H,5-7,13H2,1H3. The summed E-state index contributed by atoms with van der Waals surface area (Å²) in [6.07, 6.45) is 0.591. The largest absolute Gasteiger partial charge is 0.372 e. The third-order valence-electron chi connectivity index (χ3n) is 3.13. The second-order valence-corrected chi connectivity index (χ2v) is 4.53. The molecular formula is C12H15N5O.